The highest BCUT2D eigenvalue weighted by Gasteiger charge is 2.47. The van der Waals surface area contributed by atoms with Gasteiger partial charge < -0.3 is 10.6 Å². The maximum atomic E-state index is 13.6. The standard InChI is InChI=1S/C20H17F3N4O/c21-20(22,23)17-5-2-8-27(17)18-15(3-1-4-16(18)19(24)28)12-6-7-13-10-25-26-11-14(13)9-12/h1,3-4,6-7,9-11,17H,2,5,8H2,(H2,24,28). The maximum Gasteiger partial charge on any atom is 0.408 e. The van der Waals surface area contributed by atoms with Crippen molar-refractivity contribution in [3.05, 3.63) is 54.4 Å². The van der Waals surface area contributed by atoms with Crippen molar-refractivity contribution in [1.29, 1.82) is 0 Å². The summed E-state index contributed by atoms with van der Waals surface area (Å²) in [5.74, 6) is -0.753. The van der Waals surface area contributed by atoms with E-state index in [4.69, 9.17) is 5.73 Å². The molecule has 1 unspecified atom stereocenters. The van der Waals surface area contributed by atoms with Crippen LogP contribution in [0, 0.1) is 0 Å². The fourth-order valence-corrected chi connectivity index (χ4v) is 3.82. The van der Waals surface area contributed by atoms with Crippen LogP contribution in [0.25, 0.3) is 21.9 Å². The summed E-state index contributed by atoms with van der Waals surface area (Å²) in [6.07, 6.45) is -0.810. The molecule has 2 heterocycles. The number of nitrogens with zero attached hydrogens (tertiary/aromatic N) is 3. The average molecular weight is 386 g/mol. The minimum absolute atomic E-state index is 0.0106. The second-order valence-electron chi connectivity index (χ2n) is 6.79. The Morgan fingerprint density at radius 2 is 1.86 bits per heavy atom. The third kappa shape index (κ3) is 3.15. The summed E-state index contributed by atoms with van der Waals surface area (Å²) in [6.45, 7) is 0.209. The number of para-hydroxylation sites is 1. The van der Waals surface area contributed by atoms with Gasteiger partial charge in [-0.3, -0.25) is 4.79 Å². The Morgan fingerprint density at radius 3 is 2.57 bits per heavy atom. The summed E-state index contributed by atoms with van der Waals surface area (Å²) < 4.78 is 40.8. The molecule has 2 aromatic carbocycles. The highest BCUT2D eigenvalue weighted by atomic mass is 19.4. The van der Waals surface area contributed by atoms with Gasteiger partial charge in [0, 0.05) is 22.9 Å². The topological polar surface area (TPSA) is 72.1 Å². The Hall–Kier alpha value is -3.16. The summed E-state index contributed by atoms with van der Waals surface area (Å²) in [4.78, 5) is 13.3. The van der Waals surface area contributed by atoms with E-state index in [1.54, 1.807) is 30.6 Å². The lowest BCUT2D eigenvalue weighted by Crippen LogP contribution is -2.42. The molecule has 0 radical (unpaired) electrons. The van der Waals surface area contributed by atoms with Crippen molar-refractivity contribution in [2.45, 2.75) is 25.1 Å². The zero-order valence-electron chi connectivity index (χ0n) is 14.8. The van der Waals surface area contributed by atoms with Crippen LogP contribution in [0.15, 0.2) is 48.8 Å². The van der Waals surface area contributed by atoms with E-state index in [0.29, 0.717) is 17.5 Å². The Bertz CT molecular complexity index is 1050. The zero-order chi connectivity index (χ0) is 19.9. The lowest BCUT2D eigenvalue weighted by atomic mass is 9.96. The van der Waals surface area contributed by atoms with Gasteiger partial charge in [-0.25, -0.2) is 0 Å². The number of amides is 1. The molecule has 5 nitrogen and oxygen atoms in total. The van der Waals surface area contributed by atoms with E-state index in [9.17, 15) is 18.0 Å². The maximum absolute atomic E-state index is 13.6. The third-order valence-corrected chi connectivity index (χ3v) is 5.08. The molecule has 0 spiro atoms. The molecule has 1 fully saturated rings. The van der Waals surface area contributed by atoms with E-state index in [2.05, 4.69) is 10.2 Å². The van der Waals surface area contributed by atoms with Gasteiger partial charge >= 0.3 is 6.18 Å². The largest absolute Gasteiger partial charge is 0.408 e. The van der Waals surface area contributed by atoms with Crippen molar-refractivity contribution >= 4 is 22.4 Å². The highest BCUT2D eigenvalue weighted by molar-refractivity contribution is 6.03. The van der Waals surface area contributed by atoms with Crippen LogP contribution in [0.3, 0.4) is 0 Å². The number of nitrogens with two attached hydrogens (primary N) is 1. The quantitative estimate of drug-likeness (QED) is 0.740. The SMILES string of the molecule is NC(=O)c1cccc(-c2ccc3cnncc3c2)c1N1CCCC1C(F)(F)F. The van der Waals surface area contributed by atoms with Crippen LogP contribution in [0.2, 0.25) is 0 Å². The molecule has 3 aromatic rings. The first-order valence-corrected chi connectivity index (χ1v) is 8.83. The Morgan fingerprint density at radius 1 is 1.11 bits per heavy atom. The number of anilines is 1. The highest BCUT2D eigenvalue weighted by Crippen LogP contribution is 2.42. The average Bonchev–Trinajstić information content (AvgIpc) is 3.17. The second-order valence-corrected chi connectivity index (χ2v) is 6.79. The number of fused-ring (bicyclic) bond motifs is 1. The first kappa shape index (κ1) is 18.2. The van der Waals surface area contributed by atoms with Crippen LogP contribution >= 0.6 is 0 Å². The van der Waals surface area contributed by atoms with Crippen LogP contribution in [0.5, 0.6) is 0 Å². The van der Waals surface area contributed by atoms with Crippen molar-refractivity contribution in [2.75, 3.05) is 11.4 Å². The van der Waals surface area contributed by atoms with Gasteiger partial charge in [-0.05, 0) is 30.5 Å². The number of halogens is 3. The van der Waals surface area contributed by atoms with Gasteiger partial charge in [0.2, 0.25) is 0 Å². The Kier molecular flexibility index (Phi) is 4.41. The van der Waals surface area contributed by atoms with Gasteiger partial charge in [-0.15, -0.1) is 0 Å². The van der Waals surface area contributed by atoms with E-state index in [1.807, 2.05) is 12.1 Å². The van der Waals surface area contributed by atoms with Crippen molar-refractivity contribution in [1.82, 2.24) is 10.2 Å². The van der Waals surface area contributed by atoms with Crippen molar-refractivity contribution in [3.63, 3.8) is 0 Å². The fourth-order valence-electron chi connectivity index (χ4n) is 3.82. The van der Waals surface area contributed by atoms with Gasteiger partial charge in [-0.1, -0.05) is 24.3 Å². The molecule has 1 aromatic heterocycles. The van der Waals surface area contributed by atoms with Crippen molar-refractivity contribution in [3.8, 4) is 11.1 Å². The zero-order valence-corrected chi connectivity index (χ0v) is 14.8. The Balaban J connectivity index is 1.92. The van der Waals surface area contributed by atoms with Crippen LogP contribution in [0.4, 0.5) is 18.9 Å². The van der Waals surface area contributed by atoms with Gasteiger partial charge in [-0.2, -0.15) is 23.4 Å². The summed E-state index contributed by atoms with van der Waals surface area (Å²) in [5, 5.41) is 9.34. The summed E-state index contributed by atoms with van der Waals surface area (Å²) in [7, 11) is 0. The monoisotopic (exact) mass is 386 g/mol. The first-order valence-electron chi connectivity index (χ1n) is 8.83. The molecule has 2 N–H and O–H groups in total. The summed E-state index contributed by atoms with van der Waals surface area (Å²) in [6, 6.07) is 8.62. The molecule has 4 rings (SSSR count). The number of hydrogen-bond donors (Lipinski definition) is 1. The van der Waals surface area contributed by atoms with Gasteiger partial charge in [0.25, 0.3) is 5.91 Å². The molecule has 1 atom stereocenters. The summed E-state index contributed by atoms with van der Waals surface area (Å²) >= 11 is 0. The second kappa shape index (κ2) is 6.78. The van der Waals surface area contributed by atoms with E-state index in [0.717, 1.165) is 10.8 Å². The van der Waals surface area contributed by atoms with E-state index in [1.165, 1.54) is 11.0 Å². The van der Waals surface area contributed by atoms with Crippen molar-refractivity contribution in [2.24, 2.45) is 5.73 Å². The number of primary amides is 1. The normalized spacial score (nSPS) is 17.2. The van der Waals surface area contributed by atoms with E-state index >= 15 is 0 Å². The van der Waals surface area contributed by atoms with E-state index < -0.39 is 18.1 Å². The smallest absolute Gasteiger partial charge is 0.366 e. The van der Waals surface area contributed by atoms with E-state index in [-0.39, 0.29) is 24.2 Å². The molecular weight excluding hydrogens is 369 g/mol. The molecule has 0 bridgehead atoms. The number of benzene rings is 2. The third-order valence-electron chi connectivity index (χ3n) is 5.08. The number of carbonyl (C=O) groups is 1. The molecule has 0 saturated carbocycles. The molecule has 28 heavy (non-hydrogen) atoms. The molecular formula is C20H17F3N4O. The molecule has 1 aliphatic heterocycles. The lowest BCUT2D eigenvalue weighted by molar-refractivity contribution is -0.145. The van der Waals surface area contributed by atoms with Crippen LogP contribution in [-0.2, 0) is 0 Å². The van der Waals surface area contributed by atoms with Gasteiger partial charge in [0.1, 0.15) is 6.04 Å². The van der Waals surface area contributed by atoms with Crippen LogP contribution < -0.4 is 10.6 Å². The predicted molar refractivity (Wildman–Crippen MR) is 99.9 cm³/mol. The molecule has 1 amide bonds. The molecule has 0 aliphatic carbocycles. The van der Waals surface area contributed by atoms with Gasteiger partial charge in [0.15, 0.2) is 0 Å². The predicted octanol–water partition coefficient (Wildman–Crippen LogP) is 3.93. The van der Waals surface area contributed by atoms with Crippen molar-refractivity contribution < 1.29 is 18.0 Å². The molecule has 8 heteroatoms. The number of rotatable bonds is 3. The lowest BCUT2D eigenvalue weighted by Gasteiger charge is -2.31. The Labute approximate surface area is 159 Å². The summed E-state index contributed by atoms with van der Waals surface area (Å²) in [5.41, 5.74) is 7.05. The fraction of sp³-hybridized carbons (Fsp3) is 0.250. The first-order chi connectivity index (χ1) is 13.4. The number of carbonyl (C=O) groups excluding carboxylic acids is 1. The number of hydrogen-bond acceptors (Lipinski definition) is 4. The van der Waals surface area contributed by atoms with Crippen LogP contribution in [-0.4, -0.2) is 34.9 Å². The molecule has 1 aliphatic rings. The minimum atomic E-state index is -4.39. The van der Waals surface area contributed by atoms with Crippen LogP contribution in [0.1, 0.15) is 23.2 Å². The minimum Gasteiger partial charge on any atom is -0.366 e. The number of aromatic nitrogens is 2. The molecule has 1 saturated heterocycles. The molecule has 144 valence electrons. The number of alkyl halides is 3. The van der Waals surface area contributed by atoms with Gasteiger partial charge in [0.05, 0.1) is 23.6 Å².